The van der Waals surface area contributed by atoms with Gasteiger partial charge in [0.15, 0.2) is 0 Å². The van der Waals surface area contributed by atoms with E-state index in [4.69, 9.17) is 5.11 Å². The zero-order valence-electron chi connectivity index (χ0n) is 9.56. The summed E-state index contributed by atoms with van der Waals surface area (Å²) >= 11 is 3.39. The number of anilines is 1. The zero-order chi connectivity index (χ0) is 12.7. The molecule has 1 aromatic carbocycles. The molecule has 1 atom stereocenters. The molecule has 1 unspecified atom stereocenters. The average molecular weight is 310 g/mol. The molecule has 0 spiro atoms. The standard InChI is InChI=1S/C12H12BrN3O2/c13-12-9-4-8(1-2-10(9)14-15-12)16-5-7(6-17)3-11(16)18/h1-2,4,7,17H,3,5-6H2,(H,14,15). The van der Waals surface area contributed by atoms with Crippen LogP contribution in [0.5, 0.6) is 0 Å². The molecule has 1 fully saturated rings. The van der Waals surface area contributed by atoms with Crippen LogP contribution in [0.1, 0.15) is 6.42 Å². The first-order valence-corrected chi connectivity index (χ1v) is 6.53. The summed E-state index contributed by atoms with van der Waals surface area (Å²) in [7, 11) is 0. The molecular formula is C12H12BrN3O2. The minimum absolute atomic E-state index is 0.0426. The maximum absolute atomic E-state index is 11.9. The number of nitrogens with zero attached hydrogens (tertiary/aromatic N) is 2. The topological polar surface area (TPSA) is 69.2 Å². The second-order valence-electron chi connectivity index (χ2n) is 4.50. The molecule has 94 valence electrons. The van der Waals surface area contributed by atoms with Crippen LogP contribution in [0.25, 0.3) is 10.9 Å². The van der Waals surface area contributed by atoms with Crippen LogP contribution in [-0.2, 0) is 4.79 Å². The van der Waals surface area contributed by atoms with Gasteiger partial charge in [0.1, 0.15) is 4.60 Å². The van der Waals surface area contributed by atoms with E-state index in [9.17, 15) is 4.79 Å². The van der Waals surface area contributed by atoms with Gasteiger partial charge in [0.25, 0.3) is 0 Å². The number of amides is 1. The molecule has 1 aliphatic heterocycles. The number of rotatable bonds is 2. The lowest BCUT2D eigenvalue weighted by atomic mass is 10.1. The summed E-state index contributed by atoms with van der Waals surface area (Å²) in [5.74, 6) is 0.106. The number of nitrogens with one attached hydrogen (secondary N) is 1. The Morgan fingerprint density at radius 2 is 2.39 bits per heavy atom. The van der Waals surface area contributed by atoms with Crippen LogP contribution in [0, 0.1) is 5.92 Å². The lowest BCUT2D eigenvalue weighted by Crippen LogP contribution is -2.24. The molecule has 3 rings (SSSR count). The van der Waals surface area contributed by atoms with Crippen LogP contribution in [0.3, 0.4) is 0 Å². The van der Waals surface area contributed by atoms with E-state index in [1.165, 1.54) is 0 Å². The van der Waals surface area contributed by atoms with E-state index in [0.29, 0.717) is 13.0 Å². The van der Waals surface area contributed by atoms with E-state index in [1.807, 2.05) is 18.2 Å². The first kappa shape index (κ1) is 11.7. The molecule has 6 heteroatoms. The maximum atomic E-state index is 11.9. The summed E-state index contributed by atoms with van der Waals surface area (Å²) in [5, 5.41) is 17.1. The minimum atomic E-state index is 0.0426. The van der Waals surface area contributed by atoms with Gasteiger partial charge in [-0.15, -0.1) is 0 Å². The first-order valence-electron chi connectivity index (χ1n) is 5.74. The molecule has 1 amide bonds. The monoisotopic (exact) mass is 309 g/mol. The predicted molar refractivity (Wildman–Crippen MR) is 71.3 cm³/mol. The molecule has 2 N–H and O–H groups in total. The smallest absolute Gasteiger partial charge is 0.227 e. The predicted octanol–water partition coefficient (Wildman–Crippen LogP) is 1.67. The molecule has 1 aliphatic rings. The number of aromatic nitrogens is 2. The second-order valence-corrected chi connectivity index (χ2v) is 5.29. The zero-order valence-corrected chi connectivity index (χ0v) is 11.1. The number of aromatic amines is 1. The fraction of sp³-hybridized carbons (Fsp3) is 0.333. The summed E-state index contributed by atoms with van der Waals surface area (Å²) < 4.78 is 0.810. The number of benzene rings is 1. The summed E-state index contributed by atoms with van der Waals surface area (Å²) in [5.41, 5.74) is 1.71. The fourth-order valence-electron chi connectivity index (χ4n) is 2.29. The number of aliphatic hydroxyl groups excluding tert-OH is 1. The average Bonchev–Trinajstić information content (AvgIpc) is 2.93. The highest BCUT2D eigenvalue weighted by Gasteiger charge is 2.30. The van der Waals surface area contributed by atoms with E-state index in [0.717, 1.165) is 21.2 Å². The number of fused-ring (bicyclic) bond motifs is 1. The maximum Gasteiger partial charge on any atom is 0.227 e. The van der Waals surface area contributed by atoms with Crippen molar-refractivity contribution in [1.82, 2.24) is 10.2 Å². The van der Waals surface area contributed by atoms with Crippen molar-refractivity contribution in [3.05, 3.63) is 22.8 Å². The van der Waals surface area contributed by atoms with Gasteiger partial charge >= 0.3 is 0 Å². The highest BCUT2D eigenvalue weighted by Crippen LogP contribution is 2.29. The van der Waals surface area contributed by atoms with Crippen molar-refractivity contribution in [3.63, 3.8) is 0 Å². The number of carbonyl (C=O) groups excluding carboxylic acids is 1. The van der Waals surface area contributed by atoms with E-state index < -0.39 is 0 Å². The Hall–Kier alpha value is -1.40. The molecule has 2 aromatic rings. The quantitative estimate of drug-likeness (QED) is 0.886. The Labute approximate surface area is 112 Å². The summed E-state index contributed by atoms with van der Waals surface area (Å²) in [4.78, 5) is 13.6. The van der Waals surface area contributed by atoms with Gasteiger partial charge in [-0.05, 0) is 34.1 Å². The molecule has 0 bridgehead atoms. The van der Waals surface area contributed by atoms with Crippen molar-refractivity contribution in [2.24, 2.45) is 5.92 Å². The second kappa shape index (κ2) is 4.37. The lowest BCUT2D eigenvalue weighted by Gasteiger charge is -2.16. The Kier molecular flexibility index (Phi) is 2.83. The van der Waals surface area contributed by atoms with E-state index in [1.54, 1.807) is 4.90 Å². The molecule has 2 heterocycles. The van der Waals surface area contributed by atoms with Crippen LogP contribution >= 0.6 is 15.9 Å². The van der Waals surface area contributed by atoms with E-state index in [2.05, 4.69) is 26.1 Å². The Morgan fingerprint density at radius 1 is 1.56 bits per heavy atom. The van der Waals surface area contributed by atoms with Gasteiger partial charge in [0, 0.05) is 36.6 Å². The molecule has 0 radical (unpaired) electrons. The number of hydrogen-bond acceptors (Lipinski definition) is 3. The largest absolute Gasteiger partial charge is 0.396 e. The first-order chi connectivity index (χ1) is 8.69. The number of hydrogen-bond donors (Lipinski definition) is 2. The van der Waals surface area contributed by atoms with Crippen LogP contribution in [0.2, 0.25) is 0 Å². The number of H-pyrrole nitrogens is 1. The summed E-state index contributed by atoms with van der Waals surface area (Å²) in [6.07, 6.45) is 0.418. The van der Waals surface area contributed by atoms with Gasteiger partial charge in [-0.1, -0.05) is 0 Å². The van der Waals surface area contributed by atoms with Crippen LogP contribution in [0.15, 0.2) is 22.8 Å². The van der Waals surface area contributed by atoms with Crippen molar-refractivity contribution in [2.75, 3.05) is 18.1 Å². The van der Waals surface area contributed by atoms with E-state index >= 15 is 0 Å². The highest BCUT2D eigenvalue weighted by atomic mass is 79.9. The third-order valence-corrected chi connectivity index (χ3v) is 3.87. The van der Waals surface area contributed by atoms with Crippen molar-refractivity contribution in [1.29, 1.82) is 0 Å². The van der Waals surface area contributed by atoms with Gasteiger partial charge in [-0.25, -0.2) is 0 Å². The molecule has 18 heavy (non-hydrogen) atoms. The van der Waals surface area contributed by atoms with Crippen LogP contribution < -0.4 is 4.90 Å². The SMILES string of the molecule is O=C1CC(CO)CN1c1ccc2n[nH]c(Br)c2c1. The van der Waals surface area contributed by atoms with Crippen LogP contribution in [0.4, 0.5) is 5.69 Å². The Bertz CT molecular complexity index is 610. The van der Waals surface area contributed by atoms with Gasteiger partial charge in [-0.3, -0.25) is 9.89 Å². The number of halogens is 1. The molecule has 1 saturated heterocycles. The summed E-state index contributed by atoms with van der Waals surface area (Å²) in [6, 6.07) is 5.69. The van der Waals surface area contributed by atoms with Gasteiger partial charge in [0.05, 0.1) is 5.52 Å². The molecule has 1 aromatic heterocycles. The minimum Gasteiger partial charge on any atom is -0.396 e. The molecule has 0 saturated carbocycles. The molecule has 0 aliphatic carbocycles. The van der Waals surface area contributed by atoms with Gasteiger partial charge in [-0.2, -0.15) is 5.10 Å². The number of carbonyl (C=O) groups is 1. The molecular weight excluding hydrogens is 298 g/mol. The lowest BCUT2D eigenvalue weighted by molar-refractivity contribution is -0.117. The number of aliphatic hydroxyl groups is 1. The van der Waals surface area contributed by atoms with Crippen molar-refractivity contribution in [2.45, 2.75) is 6.42 Å². The van der Waals surface area contributed by atoms with Crippen LogP contribution in [-0.4, -0.2) is 34.4 Å². The normalized spacial score (nSPS) is 20.0. The molecule has 5 nitrogen and oxygen atoms in total. The fourth-order valence-corrected chi connectivity index (χ4v) is 2.69. The van der Waals surface area contributed by atoms with Gasteiger partial charge in [0.2, 0.25) is 5.91 Å². The van der Waals surface area contributed by atoms with E-state index in [-0.39, 0.29) is 18.4 Å². The van der Waals surface area contributed by atoms with Crippen molar-refractivity contribution < 1.29 is 9.90 Å². The van der Waals surface area contributed by atoms with Crippen molar-refractivity contribution in [3.8, 4) is 0 Å². The Balaban J connectivity index is 1.99. The third-order valence-electron chi connectivity index (χ3n) is 3.27. The Morgan fingerprint density at radius 3 is 3.11 bits per heavy atom. The summed E-state index contributed by atoms with van der Waals surface area (Å²) in [6.45, 7) is 0.635. The van der Waals surface area contributed by atoms with Gasteiger partial charge < -0.3 is 10.0 Å². The third kappa shape index (κ3) is 1.81. The highest BCUT2D eigenvalue weighted by molar-refractivity contribution is 9.10. The van der Waals surface area contributed by atoms with Crippen molar-refractivity contribution >= 4 is 38.4 Å².